The quantitative estimate of drug-likeness (QED) is 0.851. The highest BCUT2D eigenvalue weighted by molar-refractivity contribution is 6.05. The zero-order chi connectivity index (χ0) is 13.2. The van der Waals surface area contributed by atoms with Crippen molar-refractivity contribution in [3.63, 3.8) is 0 Å². The summed E-state index contributed by atoms with van der Waals surface area (Å²) in [5.41, 5.74) is 3.69. The third-order valence-electron chi connectivity index (χ3n) is 3.53. The van der Waals surface area contributed by atoms with E-state index in [0.717, 1.165) is 37.2 Å². The number of carbonyl (C=O) groups is 1. The lowest BCUT2D eigenvalue weighted by molar-refractivity contribution is 0.0982. The lowest BCUT2D eigenvalue weighted by Crippen LogP contribution is -2.32. The average molecular weight is 255 g/mol. The Labute approximate surface area is 112 Å². The SMILES string of the molecule is Cc1cc(C(=O)N2CCCCc3ccccc32)n[nH]1. The van der Waals surface area contributed by atoms with Crippen LogP contribution in [0.2, 0.25) is 0 Å². The standard InChI is InChI=1S/C15H17N3O/c1-11-10-13(17-16-11)15(19)18-9-5-4-7-12-6-2-3-8-14(12)18/h2-3,6,8,10H,4-5,7,9H2,1H3,(H,16,17). The van der Waals surface area contributed by atoms with Gasteiger partial charge in [-0.15, -0.1) is 0 Å². The number of benzene rings is 1. The van der Waals surface area contributed by atoms with Gasteiger partial charge in [0.2, 0.25) is 0 Å². The van der Waals surface area contributed by atoms with E-state index in [0.29, 0.717) is 5.69 Å². The fourth-order valence-electron chi connectivity index (χ4n) is 2.57. The normalized spacial score (nSPS) is 14.9. The number of hydrogen-bond acceptors (Lipinski definition) is 2. The summed E-state index contributed by atoms with van der Waals surface area (Å²) in [6.45, 7) is 2.67. The minimum Gasteiger partial charge on any atom is -0.307 e. The summed E-state index contributed by atoms with van der Waals surface area (Å²) in [4.78, 5) is 14.4. The number of rotatable bonds is 1. The Kier molecular flexibility index (Phi) is 3.07. The van der Waals surface area contributed by atoms with Gasteiger partial charge in [0, 0.05) is 17.9 Å². The van der Waals surface area contributed by atoms with E-state index in [1.54, 1.807) is 6.07 Å². The van der Waals surface area contributed by atoms with E-state index in [9.17, 15) is 4.79 Å². The number of para-hydroxylation sites is 1. The summed E-state index contributed by atoms with van der Waals surface area (Å²) in [6, 6.07) is 9.95. The third kappa shape index (κ3) is 2.26. The molecular weight excluding hydrogens is 238 g/mol. The molecule has 1 aromatic heterocycles. The van der Waals surface area contributed by atoms with Gasteiger partial charge in [-0.1, -0.05) is 18.2 Å². The molecule has 1 aliphatic rings. The summed E-state index contributed by atoms with van der Waals surface area (Å²) in [6.07, 6.45) is 3.20. The minimum atomic E-state index is -0.0151. The van der Waals surface area contributed by atoms with E-state index in [4.69, 9.17) is 0 Å². The molecule has 0 saturated heterocycles. The molecule has 0 atom stereocenters. The predicted molar refractivity (Wildman–Crippen MR) is 74.4 cm³/mol. The molecule has 4 nitrogen and oxygen atoms in total. The summed E-state index contributed by atoms with van der Waals surface area (Å²) >= 11 is 0. The number of fused-ring (bicyclic) bond motifs is 1. The van der Waals surface area contributed by atoms with Gasteiger partial charge in [0.25, 0.3) is 5.91 Å². The van der Waals surface area contributed by atoms with Crippen LogP contribution in [0.1, 0.15) is 34.6 Å². The summed E-state index contributed by atoms with van der Waals surface area (Å²) in [5.74, 6) is -0.0151. The van der Waals surface area contributed by atoms with Crippen molar-refractivity contribution in [1.82, 2.24) is 10.2 Å². The van der Waals surface area contributed by atoms with Crippen molar-refractivity contribution in [2.75, 3.05) is 11.4 Å². The second-order valence-electron chi connectivity index (χ2n) is 4.98. The van der Waals surface area contributed by atoms with E-state index in [-0.39, 0.29) is 5.91 Å². The molecule has 2 heterocycles. The third-order valence-corrected chi connectivity index (χ3v) is 3.53. The van der Waals surface area contributed by atoms with Crippen molar-refractivity contribution in [3.05, 3.63) is 47.3 Å². The molecule has 3 rings (SSSR count). The second kappa shape index (κ2) is 4.88. The Morgan fingerprint density at radius 2 is 2.16 bits per heavy atom. The van der Waals surface area contributed by atoms with E-state index >= 15 is 0 Å². The number of aromatic nitrogens is 2. The summed E-state index contributed by atoms with van der Waals surface area (Å²) < 4.78 is 0. The Hall–Kier alpha value is -2.10. The summed E-state index contributed by atoms with van der Waals surface area (Å²) in [5, 5.41) is 6.91. The predicted octanol–water partition coefficient (Wildman–Crippen LogP) is 2.70. The van der Waals surface area contributed by atoms with Crippen LogP contribution in [0, 0.1) is 6.92 Å². The molecule has 0 radical (unpaired) electrons. The van der Waals surface area contributed by atoms with Crippen molar-refractivity contribution in [2.24, 2.45) is 0 Å². The first kappa shape index (κ1) is 12.0. The number of nitrogens with zero attached hydrogens (tertiary/aromatic N) is 2. The van der Waals surface area contributed by atoms with Crippen LogP contribution < -0.4 is 4.90 Å². The average Bonchev–Trinajstić information content (AvgIpc) is 2.74. The fraction of sp³-hybridized carbons (Fsp3) is 0.333. The number of anilines is 1. The van der Waals surface area contributed by atoms with E-state index in [2.05, 4.69) is 16.3 Å². The van der Waals surface area contributed by atoms with E-state index < -0.39 is 0 Å². The number of nitrogens with one attached hydrogen (secondary N) is 1. The Bertz CT molecular complexity index is 603. The number of carbonyl (C=O) groups excluding carboxylic acids is 1. The molecule has 0 spiro atoms. The van der Waals surface area contributed by atoms with Crippen LogP contribution in [-0.4, -0.2) is 22.6 Å². The molecule has 0 bridgehead atoms. The second-order valence-corrected chi connectivity index (χ2v) is 4.98. The highest BCUT2D eigenvalue weighted by Gasteiger charge is 2.23. The van der Waals surface area contributed by atoms with Crippen LogP contribution in [0.5, 0.6) is 0 Å². The number of H-pyrrole nitrogens is 1. The molecule has 4 heteroatoms. The monoisotopic (exact) mass is 255 g/mol. The molecule has 1 aromatic carbocycles. The maximum Gasteiger partial charge on any atom is 0.278 e. The van der Waals surface area contributed by atoms with Gasteiger partial charge in [-0.2, -0.15) is 5.10 Å². The van der Waals surface area contributed by atoms with Gasteiger partial charge in [-0.3, -0.25) is 9.89 Å². The Morgan fingerprint density at radius 3 is 2.95 bits per heavy atom. The number of amides is 1. The van der Waals surface area contributed by atoms with Crippen molar-refractivity contribution < 1.29 is 4.79 Å². The zero-order valence-electron chi connectivity index (χ0n) is 11.0. The Balaban J connectivity index is 1.98. The number of aromatic amines is 1. The molecular formula is C15H17N3O. The van der Waals surface area contributed by atoms with Crippen molar-refractivity contribution in [3.8, 4) is 0 Å². The molecule has 2 aromatic rings. The largest absolute Gasteiger partial charge is 0.307 e. The summed E-state index contributed by atoms with van der Waals surface area (Å²) in [7, 11) is 0. The van der Waals surface area contributed by atoms with Crippen LogP contribution >= 0.6 is 0 Å². The van der Waals surface area contributed by atoms with E-state index in [1.807, 2.05) is 30.0 Å². The first-order valence-corrected chi connectivity index (χ1v) is 6.67. The van der Waals surface area contributed by atoms with Crippen LogP contribution in [0.3, 0.4) is 0 Å². The van der Waals surface area contributed by atoms with Gasteiger partial charge in [-0.05, 0) is 43.9 Å². The molecule has 1 aliphatic heterocycles. The van der Waals surface area contributed by atoms with Gasteiger partial charge in [-0.25, -0.2) is 0 Å². The molecule has 1 N–H and O–H groups in total. The topological polar surface area (TPSA) is 49.0 Å². The van der Waals surface area contributed by atoms with Crippen molar-refractivity contribution in [2.45, 2.75) is 26.2 Å². The van der Waals surface area contributed by atoms with Gasteiger partial charge >= 0.3 is 0 Å². The van der Waals surface area contributed by atoms with Gasteiger partial charge < -0.3 is 4.90 Å². The highest BCUT2D eigenvalue weighted by atomic mass is 16.2. The molecule has 19 heavy (non-hydrogen) atoms. The molecule has 0 unspecified atom stereocenters. The van der Waals surface area contributed by atoms with Crippen LogP contribution in [-0.2, 0) is 6.42 Å². The fourth-order valence-corrected chi connectivity index (χ4v) is 2.57. The number of hydrogen-bond donors (Lipinski definition) is 1. The van der Waals surface area contributed by atoms with Crippen LogP contribution in [0.25, 0.3) is 0 Å². The smallest absolute Gasteiger partial charge is 0.278 e. The minimum absolute atomic E-state index is 0.0151. The lowest BCUT2D eigenvalue weighted by Gasteiger charge is -2.21. The van der Waals surface area contributed by atoms with Crippen molar-refractivity contribution in [1.29, 1.82) is 0 Å². The molecule has 0 aliphatic carbocycles. The maximum absolute atomic E-state index is 12.6. The lowest BCUT2D eigenvalue weighted by atomic mass is 10.1. The molecule has 1 amide bonds. The zero-order valence-corrected chi connectivity index (χ0v) is 11.0. The van der Waals surface area contributed by atoms with Crippen LogP contribution in [0.15, 0.2) is 30.3 Å². The first-order valence-electron chi connectivity index (χ1n) is 6.67. The first-order chi connectivity index (χ1) is 9.25. The van der Waals surface area contributed by atoms with Gasteiger partial charge in [0.15, 0.2) is 5.69 Å². The highest BCUT2D eigenvalue weighted by Crippen LogP contribution is 2.27. The Morgan fingerprint density at radius 1 is 1.32 bits per heavy atom. The number of aryl methyl sites for hydroxylation is 2. The van der Waals surface area contributed by atoms with E-state index in [1.165, 1.54) is 5.56 Å². The van der Waals surface area contributed by atoms with Gasteiger partial charge in [0.05, 0.1) is 0 Å². The molecule has 98 valence electrons. The van der Waals surface area contributed by atoms with Crippen LogP contribution in [0.4, 0.5) is 5.69 Å². The molecule has 0 fully saturated rings. The van der Waals surface area contributed by atoms with Crippen molar-refractivity contribution >= 4 is 11.6 Å². The maximum atomic E-state index is 12.6. The van der Waals surface area contributed by atoms with Gasteiger partial charge in [0.1, 0.15) is 0 Å². The molecule has 0 saturated carbocycles.